The molecule has 0 aliphatic heterocycles. The molecule has 4 rings (SSSR count). The molecule has 1 unspecified atom stereocenters. The largest absolute Gasteiger partial charge is 0.385 e. The van der Waals surface area contributed by atoms with Crippen molar-refractivity contribution in [1.29, 1.82) is 0 Å². The van der Waals surface area contributed by atoms with Crippen LogP contribution >= 0.6 is 0 Å². The van der Waals surface area contributed by atoms with Gasteiger partial charge in [0.15, 0.2) is 0 Å². The van der Waals surface area contributed by atoms with E-state index in [4.69, 9.17) is 4.74 Å². The molecule has 2 nitrogen and oxygen atoms in total. The summed E-state index contributed by atoms with van der Waals surface area (Å²) in [6, 6.07) is 0.704. The predicted octanol–water partition coefficient (Wildman–Crippen LogP) is 3.22. The highest BCUT2D eigenvalue weighted by molar-refractivity contribution is 5.06. The maximum Gasteiger partial charge on any atom is 0.0477 e. The van der Waals surface area contributed by atoms with Gasteiger partial charge in [-0.3, -0.25) is 0 Å². The summed E-state index contributed by atoms with van der Waals surface area (Å²) in [5.41, 5.74) is 0.628. The van der Waals surface area contributed by atoms with Gasteiger partial charge in [-0.15, -0.1) is 0 Å². The van der Waals surface area contributed by atoms with Crippen LogP contribution in [0.5, 0.6) is 0 Å². The maximum absolute atomic E-state index is 5.34. The van der Waals surface area contributed by atoms with Crippen LogP contribution in [0.4, 0.5) is 0 Å². The van der Waals surface area contributed by atoms with Crippen LogP contribution < -0.4 is 5.32 Å². The van der Waals surface area contributed by atoms with Crippen LogP contribution in [-0.4, -0.2) is 26.3 Å². The summed E-state index contributed by atoms with van der Waals surface area (Å²) < 4.78 is 5.34. The van der Waals surface area contributed by atoms with E-state index in [1.807, 2.05) is 7.11 Å². The standard InChI is InChI=1S/C16H29NO/c1-3-17-15(4-5-18-2)16-9-12-6-13(10-16)8-14(7-12)11-16/h12-15,17H,3-11H2,1-2H3. The van der Waals surface area contributed by atoms with Crippen molar-refractivity contribution < 1.29 is 4.74 Å². The molecule has 4 bridgehead atoms. The summed E-state index contributed by atoms with van der Waals surface area (Å²) in [5.74, 6) is 3.17. The average Bonchev–Trinajstić information content (AvgIpc) is 2.32. The normalized spacial score (nSPS) is 43.3. The van der Waals surface area contributed by atoms with Crippen LogP contribution in [0.2, 0.25) is 0 Å². The highest BCUT2D eigenvalue weighted by Crippen LogP contribution is 2.61. The maximum atomic E-state index is 5.34. The van der Waals surface area contributed by atoms with Crippen molar-refractivity contribution in [2.75, 3.05) is 20.3 Å². The van der Waals surface area contributed by atoms with E-state index >= 15 is 0 Å². The molecule has 4 aliphatic carbocycles. The first-order chi connectivity index (χ1) is 8.75. The third kappa shape index (κ3) is 2.22. The van der Waals surface area contributed by atoms with Gasteiger partial charge in [0.2, 0.25) is 0 Å². The second-order valence-corrected chi connectivity index (χ2v) is 7.17. The van der Waals surface area contributed by atoms with Gasteiger partial charge in [0.1, 0.15) is 0 Å². The van der Waals surface area contributed by atoms with Crippen molar-refractivity contribution in [3.05, 3.63) is 0 Å². The lowest BCUT2D eigenvalue weighted by Gasteiger charge is -2.59. The molecule has 0 aromatic rings. The van der Waals surface area contributed by atoms with Crippen LogP contribution in [0.15, 0.2) is 0 Å². The Kier molecular flexibility index (Phi) is 3.68. The molecule has 104 valence electrons. The Morgan fingerprint density at radius 3 is 2.11 bits per heavy atom. The fraction of sp³-hybridized carbons (Fsp3) is 1.00. The monoisotopic (exact) mass is 251 g/mol. The highest BCUT2D eigenvalue weighted by Gasteiger charge is 2.53. The van der Waals surface area contributed by atoms with Crippen LogP contribution in [-0.2, 0) is 4.74 Å². The number of hydrogen-bond acceptors (Lipinski definition) is 2. The minimum atomic E-state index is 0.628. The quantitative estimate of drug-likeness (QED) is 0.782. The van der Waals surface area contributed by atoms with Gasteiger partial charge in [0.05, 0.1) is 0 Å². The topological polar surface area (TPSA) is 21.3 Å². The fourth-order valence-electron chi connectivity index (χ4n) is 5.71. The molecule has 0 heterocycles. The first-order valence-corrected chi connectivity index (χ1v) is 7.98. The third-order valence-corrected chi connectivity index (χ3v) is 5.89. The van der Waals surface area contributed by atoms with Crippen molar-refractivity contribution in [2.24, 2.45) is 23.2 Å². The van der Waals surface area contributed by atoms with Gasteiger partial charge in [0, 0.05) is 19.8 Å². The smallest absolute Gasteiger partial charge is 0.0477 e. The highest BCUT2D eigenvalue weighted by atomic mass is 16.5. The van der Waals surface area contributed by atoms with Crippen LogP contribution in [0.25, 0.3) is 0 Å². The lowest BCUT2D eigenvalue weighted by molar-refractivity contribution is -0.0776. The van der Waals surface area contributed by atoms with E-state index < -0.39 is 0 Å². The molecule has 0 amide bonds. The minimum absolute atomic E-state index is 0.628. The predicted molar refractivity (Wildman–Crippen MR) is 74.6 cm³/mol. The molecule has 18 heavy (non-hydrogen) atoms. The lowest BCUT2D eigenvalue weighted by atomic mass is 9.47. The summed E-state index contributed by atoms with van der Waals surface area (Å²) in [7, 11) is 1.84. The first kappa shape index (κ1) is 12.9. The molecule has 0 radical (unpaired) electrons. The number of rotatable bonds is 6. The van der Waals surface area contributed by atoms with E-state index in [1.165, 1.54) is 25.7 Å². The van der Waals surface area contributed by atoms with Gasteiger partial charge in [-0.2, -0.15) is 0 Å². The van der Waals surface area contributed by atoms with E-state index in [-0.39, 0.29) is 0 Å². The molecule has 0 spiro atoms. The summed E-state index contributed by atoms with van der Waals surface area (Å²) in [5, 5.41) is 3.79. The zero-order valence-corrected chi connectivity index (χ0v) is 12.1. The van der Waals surface area contributed by atoms with E-state index in [2.05, 4.69) is 12.2 Å². The van der Waals surface area contributed by atoms with Crippen molar-refractivity contribution in [3.63, 3.8) is 0 Å². The Morgan fingerprint density at radius 1 is 1.11 bits per heavy atom. The molecule has 4 aliphatic rings. The van der Waals surface area contributed by atoms with Gasteiger partial charge in [0.25, 0.3) is 0 Å². The summed E-state index contributed by atoms with van der Waals surface area (Å²) in [6.07, 6.45) is 10.3. The number of nitrogens with one attached hydrogen (secondary N) is 1. The van der Waals surface area contributed by atoms with Crippen molar-refractivity contribution in [3.8, 4) is 0 Å². The Balaban J connectivity index is 1.75. The molecular weight excluding hydrogens is 222 g/mol. The summed E-state index contributed by atoms with van der Waals surface area (Å²) >= 11 is 0. The molecule has 1 atom stereocenters. The Morgan fingerprint density at radius 2 is 1.67 bits per heavy atom. The van der Waals surface area contributed by atoms with E-state index in [9.17, 15) is 0 Å². The number of methoxy groups -OCH3 is 1. The van der Waals surface area contributed by atoms with Gasteiger partial charge in [-0.25, -0.2) is 0 Å². The summed E-state index contributed by atoms with van der Waals surface area (Å²) in [4.78, 5) is 0. The van der Waals surface area contributed by atoms with E-state index in [0.29, 0.717) is 11.5 Å². The Labute approximate surface area is 112 Å². The SMILES string of the molecule is CCNC(CCOC)C12CC3CC(CC(C3)C1)C2. The van der Waals surface area contributed by atoms with Crippen molar-refractivity contribution >= 4 is 0 Å². The second-order valence-electron chi connectivity index (χ2n) is 7.17. The zero-order chi connectivity index (χ0) is 12.6. The van der Waals surface area contributed by atoms with Gasteiger partial charge < -0.3 is 10.1 Å². The lowest BCUT2D eigenvalue weighted by Crippen LogP contribution is -2.56. The third-order valence-electron chi connectivity index (χ3n) is 5.89. The summed E-state index contributed by atoms with van der Waals surface area (Å²) in [6.45, 7) is 4.27. The molecule has 0 saturated heterocycles. The van der Waals surface area contributed by atoms with Crippen LogP contribution in [0, 0.1) is 23.2 Å². The van der Waals surface area contributed by atoms with E-state index in [1.54, 1.807) is 19.3 Å². The number of ether oxygens (including phenoxy) is 1. The Bertz CT molecular complexity index is 254. The molecule has 1 N–H and O–H groups in total. The average molecular weight is 251 g/mol. The van der Waals surface area contributed by atoms with E-state index in [0.717, 1.165) is 30.9 Å². The zero-order valence-electron chi connectivity index (χ0n) is 12.1. The molecule has 2 heteroatoms. The first-order valence-electron chi connectivity index (χ1n) is 7.98. The Hall–Kier alpha value is -0.0800. The molecule has 0 aromatic heterocycles. The molecule has 0 aromatic carbocycles. The molecule has 4 fully saturated rings. The molecule has 4 saturated carbocycles. The minimum Gasteiger partial charge on any atom is -0.385 e. The fourth-order valence-corrected chi connectivity index (χ4v) is 5.71. The van der Waals surface area contributed by atoms with Gasteiger partial charge >= 0.3 is 0 Å². The van der Waals surface area contributed by atoms with Crippen LogP contribution in [0.1, 0.15) is 51.9 Å². The number of hydrogen-bond donors (Lipinski definition) is 1. The molecular formula is C16H29NO. The second kappa shape index (κ2) is 5.13. The van der Waals surface area contributed by atoms with Gasteiger partial charge in [-0.05, 0) is 74.7 Å². The van der Waals surface area contributed by atoms with Crippen molar-refractivity contribution in [1.82, 2.24) is 5.32 Å². The van der Waals surface area contributed by atoms with Crippen LogP contribution in [0.3, 0.4) is 0 Å². The van der Waals surface area contributed by atoms with Crippen molar-refractivity contribution in [2.45, 2.75) is 57.9 Å². The van der Waals surface area contributed by atoms with Gasteiger partial charge in [-0.1, -0.05) is 6.92 Å².